The number of benzene rings is 1. The van der Waals surface area contributed by atoms with Gasteiger partial charge in [0.25, 0.3) is 0 Å². The molecule has 2 atom stereocenters. The molecule has 0 spiro atoms. The maximum atomic E-state index is 12.6. The van der Waals surface area contributed by atoms with Crippen LogP contribution < -0.4 is 0 Å². The lowest BCUT2D eigenvalue weighted by molar-refractivity contribution is -0.140. The first-order chi connectivity index (χ1) is 7.18. The zero-order valence-corrected chi connectivity index (χ0v) is 7.63. The molecule has 0 aliphatic carbocycles. The van der Waals surface area contributed by atoms with E-state index in [2.05, 4.69) is 4.99 Å². The second-order valence-electron chi connectivity index (χ2n) is 3.15. The van der Waals surface area contributed by atoms with Crippen LogP contribution in [-0.2, 0) is 9.53 Å². The largest absolute Gasteiger partial charge is 0.480 e. The van der Waals surface area contributed by atoms with E-state index in [0.29, 0.717) is 5.56 Å². The zero-order valence-electron chi connectivity index (χ0n) is 7.63. The predicted octanol–water partition coefficient (Wildman–Crippen LogP) is 1.38. The summed E-state index contributed by atoms with van der Waals surface area (Å²) in [5.41, 5.74) is 0.598. The monoisotopic (exact) mass is 209 g/mol. The van der Waals surface area contributed by atoms with Gasteiger partial charge in [-0.3, -0.25) is 0 Å². The van der Waals surface area contributed by atoms with Crippen LogP contribution in [0.5, 0.6) is 0 Å². The zero-order chi connectivity index (χ0) is 10.8. The molecule has 1 N–H and O–H groups in total. The van der Waals surface area contributed by atoms with Crippen LogP contribution in [0, 0.1) is 5.82 Å². The summed E-state index contributed by atoms with van der Waals surface area (Å²) in [6, 6.07) is 4.55. The summed E-state index contributed by atoms with van der Waals surface area (Å²) in [6.07, 6.45) is 0.454. The molecule has 1 aliphatic rings. The maximum absolute atomic E-state index is 12.6. The number of carboxylic acid groups (broad SMARTS) is 1. The topological polar surface area (TPSA) is 58.9 Å². The third kappa shape index (κ3) is 1.81. The SMILES string of the molecule is O=C(O)C1N=COC1c1ccc(F)cc1. The van der Waals surface area contributed by atoms with Crippen LogP contribution in [-0.4, -0.2) is 23.5 Å². The van der Waals surface area contributed by atoms with E-state index in [1.54, 1.807) is 0 Å². The van der Waals surface area contributed by atoms with Gasteiger partial charge in [-0.05, 0) is 17.7 Å². The second kappa shape index (κ2) is 3.68. The van der Waals surface area contributed by atoms with Crippen LogP contribution in [0.2, 0.25) is 0 Å². The van der Waals surface area contributed by atoms with E-state index in [4.69, 9.17) is 9.84 Å². The van der Waals surface area contributed by atoms with Gasteiger partial charge in [-0.1, -0.05) is 12.1 Å². The lowest BCUT2D eigenvalue weighted by Crippen LogP contribution is -2.23. The Morgan fingerprint density at radius 2 is 2.07 bits per heavy atom. The highest BCUT2D eigenvalue weighted by Crippen LogP contribution is 2.26. The summed E-state index contributed by atoms with van der Waals surface area (Å²) in [6.45, 7) is 0. The smallest absolute Gasteiger partial charge is 0.332 e. The molecule has 2 rings (SSSR count). The van der Waals surface area contributed by atoms with Crippen molar-refractivity contribution in [1.29, 1.82) is 0 Å². The molecule has 78 valence electrons. The maximum Gasteiger partial charge on any atom is 0.332 e. The Balaban J connectivity index is 2.24. The summed E-state index contributed by atoms with van der Waals surface area (Å²) in [5, 5.41) is 8.83. The number of aliphatic carboxylic acids is 1. The van der Waals surface area contributed by atoms with Crippen molar-refractivity contribution in [3.8, 4) is 0 Å². The van der Waals surface area contributed by atoms with E-state index >= 15 is 0 Å². The number of ether oxygens (including phenoxy) is 1. The molecule has 1 heterocycles. The van der Waals surface area contributed by atoms with E-state index in [-0.39, 0.29) is 5.82 Å². The van der Waals surface area contributed by atoms with Crippen molar-refractivity contribution < 1.29 is 19.0 Å². The summed E-state index contributed by atoms with van der Waals surface area (Å²) < 4.78 is 17.7. The van der Waals surface area contributed by atoms with Gasteiger partial charge in [-0.15, -0.1) is 0 Å². The third-order valence-electron chi connectivity index (χ3n) is 2.17. The summed E-state index contributed by atoms with van der Waals surface area (Å²) in [7, 11) is 0. The first-order valence-electron chi connectivity index (χ1n) is 4.34. The molecule has 15 heavy (non-hydrogen) atoms. The van der Waals surface area contributed by atoms with E-state index < -0.39 is 18.1 Å². The minimum Gasteiger partial charge on any atom is -0.480 e. The number of carboxylic acids is 1. The highest BCUT2D eigenvalue weighted by Gasteiger charge is 2.33. The van der Waals surface area contributed by atoms with Crippen LogP contribution in [0.3, 0.4) is 0 Å². The van der Waals surface area contributed by atoms with Crippen LogP contribution >= 0.6 is 0 Å². The Bertz CT molecular complexity index is 402. The number of rotatable bonds is 2. The number of aliphatic imine (C=N–C) groups is 1. The number of carbonyl (C=O) groups is 1. The number of nitrogens with zero attached hydrogens (tertiary/aromatic N) is 1. The van der Waals surface area contributed by atoms with Crippen molar-refractivity contribution in [1.82, 2.24) is 0 Å². The fraction of sp³-hybridized carbons (Fsp3) is 0.200. The minimum absolute atomic E-state index is 0.371. The van der Waals surface area contributed by atoms with Crippen molar-refractivity contribution >= 4 is 12.4 Å². The molecular weight excluding hydrogens is 201 g/mol. The first kappa shape index (κ1) is 9.64. The average molecular weight is 209 g/mol. The van der Waals surface area contributed by atoms with Crippen molar-refractivity contribution in [2.45, 2.75) is 12.1 Å². The predicted molar refractivity (Wildman–Crippen MR) is 50.1 cm³/mol. The highest BCUT2D eigenvalue weighted by atomic mass is 19.1. The molecule has 1 aromatic carbocycles. The minimum atomic E-state index is -1.06. The number of hydrogen-bond acceptors (Lipinski definition) is 3. The molecule has 0 saturated heterocycles. The van der Waals surface area contributed by atoms with Crippen molar-refractivity contribution in [3.63, 3.8) is 0 Å². The van der Waals surface area contributed by atoms with Gasteiger partial charge in [0.1, 0.15) is 5.82 Å². The molecular formula is C10H8FNO3. The number of hydrogen-bond donors (Lipinski definition) is 1. The average Bonchev–Trinajstić information content (AvgIpc) is 2.67. The standard InChI is InChI=1S/C10H8FNO3/c11-7-3-1-6(2-4-7)9-8(10(13)14)12-5-15-9/h1-5,8-9H,(H,13,14). The third-order valence-corrected chi connectivity index (χ3v) is 2.17. The van der Waals surface area contributed by atoms with Gasteiger partial charge in [0.15, 0.2) is 18.5 Å². The Morgan fingerprint density at radius 3 is 2.67 bits per heavy atom. The molecule has 4 nitrogen and oxygen atoms in total. The van der Waals surface area contributed by atoms with Crippen LogP contribution in [0.4, 0.5) is 4.39 Å². The summed E-state index contributed by atoms with van der Waals surface area (Å²) in [4.78, 5) is 14.5. The summed E-state index contributed by atoms with van der Waals surface area (Å²) in [5.74, 6) is -1.43. The molecule has 0 saturated carbocycles. The fourth-order valence-corrected chi connectivity index (χ4v) is 1.43. The molecule has 0 radical (unpaired) electrons. The summed E-state index contributed by atoms with van der Waals surface area (Å²) >= 11 is 0. The quantitative estimate of drug-likeness (QED) is 0.800. The van der Waals surface area contributed by atoms with E-state index in [1.165, 1.54) is 24.3 Å². The van der Waals surface area contributed by atoms with Gasteiger partial charge in [-0.2, -0.15) is 0 Å². The van der Waals surface area contributed by atoms with Gasteiger partial charge >= 0.3 is 5.97 Å². The van der Waals surface area contributed by atoms with Gasteiger partial charge in [0.05, 0.1) is 0 Å². The molecule has 1 aromatic rings. The molecule has 1 aliphatic heterocycles. The van der Waals surface area contributed by atoms with E-state index in [1.807, 2.05) is 0 Å². The van der Waals surface area contributed by atoms with E-state index in [0.717, 1.165) is 6.40 Å². The van der Waals surface area contributed by atoms with Crippen LogP contribution in [0.25, 0.3) is 0 Å². The van der Waals surface area contributed by atoms with Crippen molar-refractivity contribution in [2.24, 2.45) is 4.99 Å². The van der Waals surface area contributed by atoms with Gasteiger partial charge in [-0.25, -0.2) is 14.2 Å². The molecule has 5 heteroatoms. The van der Waals surface area contributed by atoms with Crippen molar-refractivity contribution in [2.75, 3.05) is 0 Å². The van der Waals surface area contributed by atoms with Crippen LogP contribution in [0.15, 0.2) is 29.3 Å². The Hall–Kier alpha value is -1.91. The molecule has 0 bridgehead atoms. The lowest BCUT2D eigenvalue weighted by atomic mass is 10.0. The molecule has 0 fully saturated rings. The second-order valence-corrected chi connectivity index (χ2v) is 3.15. The Labute approximate surface area is 85.0 Å². The fourth-order valence-electron chi connectivity index (χ4n) is 1.43. The van der Waals surface area contributed by atoms with Crippen LogP contribution in [0.1, 0.15) is 11.7 Å². The normalized spacial score (nSPS) is 23.8. The number of halogens is 1. The van der Waals surface area contributed by atoms with Gasteiger partial charge in [0, 0.05) is 0 Å². The molecule has 2 unspecified atom stereocenters. The molecule has 0 aromatic heterocycles. The Morgan fingerprint density at radius 1 is 1.40 bits per heavy atom. The van der Waals surface area contributed by atoms with E-state index in [9.17, 15) is 9.18 Å². The highest BCUT2D eigenvalue weighted by molar-refractivity contribution is 5.78. The van der Waals surface area contributed by atoms with Crippen molar-refractivity contribution in [3.05, 3.63) is 35.6 Å². The first-order valence-corrected chi connectivity index (χ1v) is 4.34. The van der Waals surface area contributed by atoms with Gasteiger partial charge < -0.3 is 9.84 Å². The molecule has 0 amide bonds. The Kier molecular flexibility index (Phi) is 2.37. The van der Waals surface area contributed by atoms with Gasteiger partial charge in [0.2, 0.25) is 0 Å². The lowest BCUT2D eigenvalue weighted by Gasteiger charge is -2.13.